The average Bonchev–Trinajstić information content (AvgIpc) is 2.87. The molecule has 8 heteroatoms. The molecule has 0 saturated carbocycles. The van der Waals surface area contributed by atoms with Gasteiger partial charge in [0, 0.05) is 12.7 Å². The number of aromatic nitrogens is 3. The third-order valence-electron chi connectivity index (χ3n) is 3.32. The second kappa shape index (κ2) is 5.84. The standard InChI is InChI=1S/C15H12BrF3N4/c1-9-2-4-10(5-3-9)6-20-13-14-21-7-12(16)23(14)8-11(22-13)15(17,18)19/h2-5,7-8H,6H2,1H3,(H,20,22). The van der Waals surface area contributed by atoms with Gasteiger partial charge in [0.15, 0.2) is 17.2 Å². The molecule has 0 spiro atoms. The first-order valence-electron chi connectivity index (χ1n) is 6.75. The van der Waals surface area contributed by atoms with Crippen LogP contribution in [0.25, 0.3) is 5.65 Å². The first-order valence-corrected chi connectivity index (χ1v) is 7.54. The lowest BCUT2D eigenvalue weighted by molar-refractivity contribution is -0.141. The van der Waals surface area contributed by atoms with E-state index in [-0.39, 0.29) is 5.82 Å². The number of nitrogens with one attached hydrogen (secondary N) is 1. The molecule has 2 aromatic heterocycles. The van der Waals surface area contributed by atoms with E-state index in [4.69, 9.17) is 0 Å². The summed E-state index contributed by atoms with van der Waals surface area (Å²) in [6, 6.07) is 7.71. The van der Waals surface area contributed by atoms with Crippen molar-refractivity contribution in [2.75, 3.05) is 5.32 Å². The molecule has 0 amide bonds. The number of hydrogen-bond donors (Lipinski definition) is 1. The fraction of sp³-hybridized carbons (Fsp3) is 0.200. The molecule has 0 aliphatic carbocycles. The summed E-state index contributed by atoms with van der Waals surface area (Å²) in [5.41, 5.74) is 1.41. The summed E-state index contributed by atoms with van der Waals surface area (Å²) in [6.45, 7) is 2.33. The Balaban J connectivity index is 1.97. The number of nitrogens with zero attached hydrogens (tertiary/aromatic N) is 3. The zero-order valence-corrected chi connectivity index (χ0v) is 13.6. The van der Waals surface area contributed by atoms with Crippen LogP contribution in [0.3, 0.4) is 0 Å². The Morgan fingerprint density at radius 2 is 1.91 bits per heavy atom. The Kier molecular flexibility index (Phi) is 4.01. The van der Waals surface area contributed by atoms with E-state index in [9.17, 15) is 13.2 Å². The maximum atomic E-state index is 13.0. The summed E-state index contributed by atoms with van der Waals surface area (Å²) in [5, 5.41) is 2.93. The number of hydrogen-bond acceptors (Lipinski definition) is 3. The number of imidazole rings is 1. The van der Waals surface area contributed by atoms with Crippen LogP contribution < -0.4 is 5.32 Å². The van der Waals surface area contributed by atoms with Gasteiger partial charge >= 0.3 is 6.18 Å². The van der Waals surface area contributed by atoms with Crippen LogP contribution in [-0.2, 0) is 12.7 Å². The zero-order valence-electron chi connectivity index (χ0n) is 12.0. The fourth-order valence-electron chi connectivity index (χ4n) is 2.11. The normalized spacial score (nSPS) is 11.9. The Bertz CT molecular complexity index is 840. The molecule has 0 aliphatic heterocycles. The quantitative estimate of drug-likeness (QED) is 0.726. The molecule has 0 bridgehead atoms. The van der Waals surface area contributed by atoms with Crippen LogP contribution in [0.5, 0.6) is 0 Å². The molecule has 3 aromatic rings. The number of benzene rings is 1. The van der Waals surface area contributed by atoms with E-state index in [1.807, 2.05) is 31.2 Å². The minimum absolute atomic E-state index is 0.0890. The third-order valence-corrected chi connectivity index (χ3v) is 3.90. The molecule has 2 heterocycles. The van der Waals surface area contributed by atoms with Gasteiger partial charge in [0.05, 0.1) is 6.20 Å². The molecule has 4 nitrogen and oxygen atoms in total. The second-order valence-electron chi connectivity index (χ2n) is 5.09. The van der Waals surface area contributed by atoms with Crippen molar-refractivity contribution in [3.05, 3.63) is 58.1 Å². The zero-order chi connectivity index (χ0) is 16.6. The number of fused-ring (bicyclic) bond motifs is 1. The number of aryl methyl sites for hydroxylation is 1. The van der Waals surface area contributed by atoms with Gasteiger partial charge in [-0.25, -0.2) is 9.97 Å². The van der Waals surface area contributed by atoms with Crippen LogP contribution in [0.1, 0.15) is 16.8 Å². The Morgan fingerprint density at radius 1 is 1.22 bits per heavy atom. The van der Waals surface area contributed by atoms with Crippen molar-refractivity contribution in [3.63, 3.8) is 0 Å². The van der Waals surface area contributed by atoms with E-state index in [1.54, 1.807) is 0 Å². The van der Waals surface area contributed by atoms with Gasteiger partial charge < -0.3 is 5.32 Å². The second-order valence-corrected chi connectivity index (χ2v) is 5.90. The van der Waals surface area contributed by atoms with Crippen molar-refractivity contribution in [3.8, 4) is 0 Å². The molecule has 0 fully saturated rings. The van der Waals surface area contributed by atoms with Gasteiger partial charge in [-0.3, -0.25) is 4.40 Å². The Morgan fingerprint density at radius 3 is 2.57 bits per heavy atom. The topological polar surface area (TPSA) is 42.2 Å². The SMILES string of the molecule is Cc1ccc(CNc2nc(C(F)(F)F)cn3c(Br)cnc23)cc1. The van der Waals surface area contributed by atoms with Gasteiger partial charge in [-0.2, -0.15) is 13.2 Å². The van der Waals surface area contributed by atoms with Crippen LogP contribution in [0.2, 0.25) is 0 Å². The lowest BCUT2D eigenvalue weighted by Crippen LogP contribution is -2.13. The van der Waals surface area contributed by atoms with Gasteiger partial charge in [0.25, 0.3) is 0 Å². The highest BCUT2D eigenvalue weighted by atomic mass is 79.9. The van der Waals surface area contributed by atoms with E-state index in [2.05, 4.69) is 31.2 Å². The van der Waals surface area contributed by atoms with Crippen LogP contribution in [0.4, 0.5) is 19.0 Å². The minimum atomic E-state index is -4.53. The molecule has 0 aliphatic rings. The van der Waals surface area contributed by atoms with Gasteiger partial charge in [0.2, 0.25) is 0 Å². The van der Waals surface area contributed by atoms with Crippen molar-refractivity contribution in [1.29, 1.82) is 0 Å². The van der Waals surface area contributed by atoms with E-state index in [1.165, 1.54) is 10.6 Å². The summed E-state index contributed by atoms with van der Waals surface area (Å²) in [4.78, 5) is 7.77. The van der Waals surface area contributed by atoms with Crippen molar-refractivity contribution < 1.29 is 13.2 Å². The highest BCUT2D eigenvalue weighted by Crippen LogP contribution is 2.30. The number of alkyl halides is 3. The van der Waals surface area contributed by atoms with Crippen molar-refractivity contribution in [2.45, 2.75) is 19.6 Å². The maximum absolute atomic E-state index is 13.0. The first kappa shape index (κ1) is 15.8. The van der Waals surface area contributed by atoms with Crippen LogP contribution in [0.15, 0.2) is 41.3 Å². The van der Waals surface area contributed by atoms with Gasteiger partial charge in [-0.1, -0.05) is 29.8 Å². The molecule has 23 heavy (non-hydrogen) atoms. The van der Waals surface area contributed by atoms with Gasteiger partial charge in [0.1, 0.15) is 4.60 Å². The fourth-order valence-corrected chi connectivity index (χ4v) is 2.48. The molecule has 1 aromatic carbocycles. The summed E-state index contributed by atoms with van der Waals surface area (Å²) in [5.74, 6) is 0.0890. The monoisotopic (exact) mass is 384 g/mol. The van der Waals surface area contributed by atoms with Crippen LogP contribution in [0, 0.1) is 6.92 Å². The minimum Gasteiger partial charge on any atom is -0.363 e. The van der Waals surface area contributed by atoms with E-state index in [0.29, 0.717) is 16.8 Å². The van der Waals surface area contributed by atoms with Gasteiger partial charge in [-0.15, -0.1) is 0 Å². The summed E-state index contributed by atoms with van der Waals surface area (Å²) < 4.78 is 40.7. The predicted octanol–water partition coefficient (Wildman–Crippen LogP) is 4.43. The van der Waals surface area contributed by atoms with Crippen molar-refractivity contribution >= 4 is 27.4 Å². The molecule has 1 N–H and O–H groups in total. The summed E-state index contributed by atoms with van der Waals surface area (Å²) in [6.07, 6.45) is -2.17. The predicted molar refractivity (Wildman–Crippen MR) is 84.2 cm³/mol. The smallest absolute Gasteiger partial charge is 0.363 e. The largest absolute Gasteiger partial charge is 0.434 e. The number of halogens is 4. The van der Waals surface area contributed by atoms with Crippen LogP contribution in [-0.4, -0.2) is 14.4 Å². The number of rotatable bonds is 3. The highest BCUT2D eigenvalue weighted by Gasteiger charge is 2.34. The van der Waals surface area contributed by atoms with Crippen LogP contribution >= 0.6 is 15.9 Å². The van der Waals surface area contributed by atoms with E-state index >= 15 is 0 Å². The van der Waals surface area contributed by atoms with E-state index < -0.39 is 11.9 Å². The molecule has 0 unspecified atom stereocenters. The molecule has 0 radical (unpaired) electrons. The summed E-state index contributed by atoms with van der Waals surface area (Å²) >= 11 is 3.18. The highest BCUT2D eigenvalue weighted by molar-refractivity contribution is 9.10. The lowest BCUT2D eigenvalue weighted by atomic mass is 10.1. The third kappa shape index (κ3) is 3.31. The molecule has 0 atom stereocenters. The van der Waals surface area contributed by atoms with E-state index in [0.717, 1.165) is 17.3 Å². The summed E-state index contributed by atoms with van der Waals surface area (Å²) in [7, 11) is 0. The number of anilines is 1. The molecular formula is C15H12BrF3N4. The van der Waals surface area contributed by atoms with Gasteiger partial charge in [-0.05, 0) is 28.4 Å². The van der Waals surface area contributed by atoms with Crippen molar-refractivity contribution in [1.82, 2.24) is 14.4 Å². The molecule has 0 saturated heterocycles. The van der Waals surface area contributed by atoms with Crippen molar-refractivity contribution in [2.24, 2.45) is 0 Å². The maximum Gasteiger partial charge on any atom is 0.434 e. The average molecular weight is 385 g/mol. The Labute approximate surface area is 138 Å². The molecule has 3 rings (SSSR count). The molecular weight excluding hydrogens is 373 g/mol. The lowest BCUT2D eigenvalue weighted by Gasteiger charge is -2.12. The first-order chi connectivity index (χ1) is 10.8. The molecule has 120 valence electrons. The Hall–Kier alpha value is -2.09.